The Morgan fingerprint density at radius 2 is 2.38 bits per heavy atom. The fourth-order valence-corrected chi connectivity index (χ4v) is 1.70. The fourth-order valence-electron chi connectivity index (χ4n) is 1.70. The number of hydrogen-bond acceptors (Lipinski definition) is 4. The van der Waals surface area contributed by atoms with Crippen LogP contribution in [0, 0.1) is 0 Å². The number of aliphatic imine (C=N–C) groups is 1. The molecule has 2 N–H and O–H groups in total. The molecule has 0 spiro atoms. The highest BCUT2D eigenvalue weighted by molar-refractivity contribution is 5.80. The first-order valence-corrected chi connectivity index (χ1v) is 4.96. The summed E-state index contributed by atoms with van der Waals surface area (Å²) in [6.07, 6.45) is 3.83. The third-order valence-electron chi connectivity index (χ3n) is 2.67. The van der Waals surface area contributed by atoms with Crippen LogP contribution in [0.4, 0.5) is 0 Å². The van der Waals surface area contributed by atoms with E-state index in [9.17, 15) is 0 Å². The Morgan fingerprint density at radius 1 is 1.54 bits per heavy atom. The van der Waals surface area contributed by atoms with Gasteiger partial charge in [0.05, 0.1) is 6.10 Å². The van der Waals surface area contributed by atoms with Gasteiger partial charge in [-0.2, -0.15) is 0 Å². The summed E-state index contributed by atoms with van der Waals surface area (Å²) in [5.74, 6) is 0.978. The van der Waals surface area contributed by atoms with Crippen molar-refractivity contribution in [1.82, 2.24) is 10.6 Å². The second kappa shape index (κ2) is 3.96. The minimum absolute atomic E-state index is 0.460. The summed E-state index contributed by atoms with van der Waals surface area (Å²) in [6, 6.07) is 0.564. The minimum Gasteiger partial charge on any atom is -0.381 e. The lowest BCUT2D eigenvalue weighted by Gasteiger charge is -2.36. The van der Waals surface area contributed by atoms with E-state index in [0.717, 1.165) is 38.3 Å². The summed E-state index contributed by atoms with van der Waals surface area (Å²) < 4.78 is 5.21. The van der Waals surface area contributed by atoms with Gasteiger partial charge in [0.1, 0.15) is 0 Å². The van der Waals surface area contributed by atoms with Crippen LogP contribution in [-0.2, 0) is 4.74 Å². The second-order valence-electron chi connectivity index (χ2n) is 3.68. The predicted octanol–water partition coefficient (Wildman–Crippen LogP) is 0.103. The standard InChI is InChI=1S/C9H17N3O/c1-13-8-5-7(6-8)12-9-10-3-2-4-11-9/h7-8H,2-6H2,1H3,(H2,10,11,12). The second-order valence-corrected chi connectivity index (χ2v) is 3.68. The van der Waals surface area contributed by atoms with Crippen LogP contribution in [0.1, 0.15) is 19.3 Å². The summed E-state index contributed by atoms with van der Waals surface area (Å²) in [7, 11) is 1.78. The summed E-state index contributed by atoms with van der Waals surface area (Å²) >= 11 is 0. The van der Waals surface area contributed by atoms with Crippen molar-refractivity contribution >= 4 is 5.96 Å². The Hall–Kier alpha value is -0.770. The van der Waals surface area contributed by atoms with Crippen LogP contribution in [0.3, 0.4) is 0 Å². The highest BCUT2D eigenvalue weighted by Crippen LogP contribution is 2.22. The van der Waals surface area contributed by atoms with E-state index in [1.807, 2.05) is 0 Å². The third-order valence-corrected chi connectivity index (χ3v) is 2.67. The van der Waals surface area contributed by atoms with Gasteiger partial charge >= 0.3 is 0 Å². The molecule has 1 aliphatic carbocycles. The molecule has 0 bridgehead atoms. The Balaban J connectivity index is 1.70. The number of nitrogens with zero attached hydrogens (tertiary/aromatic N) is 1. The van der Waals surface area contributed by atoms with E-state index in [0.29, 0.717) is 12.1 Å². The molecule has 0 aromatic heterocycles. The zero-order chi connectivity index (χ0) is 9.10. The molecule has 0 aromatic rings. The summed E-state index contributed by atoms with van der Waals surface area (Å²) in [5, 5.41) is 6.63. The number of ether oxygens (including phenoxy) is 1. The molecule has 4 nitrogen and oxygen atoms in total. The van der Waals surface area contributed by atoms with Crippen molar-refractivity contribution in [2.45, 2.75) is 31.4 Å². The lowest BCUT2D eigenvalue weighted by Crippen LogP contribution is -2.52. The first-order valence-electron chi connectivity index (χ1n) is 4.96. The van der Waals surface area contributed by atoms with Crippen LogP contribution in [-0.4, -0.2) is 38.3 Å². The van der Waals surface area contributed by atoms with Crippen molar-refractivity contribution in [1.29, 1.82) is 0 Å². The van der Waals surface area contributed by atoms with Crippen LogP contribution in [0.15, 0.2) is 4.99 Å². The molecular formula is C9H17N3O. The predicted molar refractivity (Wildman–Crippen MR) is 51.9 cm³/mol. The minimum atomic E-state index is 0.460. The molecule has 4 heteroatoms. The molecule has 1 saturated carbocycles. The maximum atomic E-state index is 5.21. The fraction of sp³-hybridized carbons (Fsp3) is 0.889. The molecule has 2 rings (SSSR count). The van der Waals surface area contributed by atoms with E-state index in [1.54, 1.807) is 7.11 Å². The maximum absolute atomic E-state index is 5.21. The van der Waals surface area contributed by atoms with Gasteiger partial charge in [0, 0.05) is 26.2 Å². The van der Waals surface area contributed by atoms with E-state index in [2.05, 4.69) is 15.6 Å². The molecule has 0 aromatic carbocycles. The quantitative estimate of drug-likeness (QED) is 0.638. The third kappa shape index (κ3) is 2.12. The van der Waals surface area contributed by atoms with Crippen LogP contribution in [0.2, 0.25) is 0 Å². The molecule has 1 fully saturated rings. The number of methoxy groups -OCH3 is 1. The molecule has 1 aliphatic heterocycles. The van der Waals surface area contributed by atoms with E-state index >= 15 is 0 Å². The van der Waals surface area contributed by atoms with Gasteiger partial charge in [-0.3, -0.25) is 4.99 Å². The Labute approximate surface area is 78.8 Å². The molecule has 1 heterocycles. The number of nitrogens with one attached hydrogen (secondary N) is 2. The van der Waals surface area contributed by atoms with Gasteiger partial charge in [-0.05, 0) is 19.3 Å². The zero-order valence-electron chi connectivity index (χ0n) is 8.05. The van der Waals surface area contributed by atoms with Crippen LogP contribution in [0.5, 0.6) is 0 Å². The van der Waals surface area contributed by atoms with Crippen LogP contribution >= 0.6 is 0 Å². The van der Waals surface area contributed by atoms with E-state index in [4.69, 9.17) is 4.74 Å². The average Bonchev–Trinajstić information content (AvgIpc) is 2.12. The highest BCUT2D eigenvalue weighted by Gasteiger charge is 2.29. The number of rotatable bonds is 2. The summed E-state index contributed by atoms with van der Waals surface area (Å²) in [5.41, 5.74) is 0. The molecule has 0 saturated heterocycles. The summed E-state index contributed by atoms with van der Waals surface area (Å²) in [4.78, 5) is 4.36. The SMILES string of the molecule is COC1CC(NC2=NCCCN2)C1. The van der Waals surface area contributed by atoms with Crippen molar-refractivity contribution in [3.05, 3.63) is 0 Å². The van der Waals surface area contributed by atoms with Crippen molar-refractivity contribution in [3.8, 4) is 0 Å². The van der Waals surface area contributed by atoms with Gasteiger partial charge in [-0.25, -0.2) is 0 Å². The average molecular weight is 183 g/mol. The zero-order valence-corrected chi connectivity index (χ0v) is 8.05. The Kier molecular flexibility index (Phi) is 2.68. The van der Waals surface area contributed by atoms with Gasteiger partial charge in [0.2, 0.25) is 0 Å². The van der Waals surface area contributed by atoms with Gasteiger partial charge in [-0.15, -0.1) is 0 Å². The number of guanidine groups is 1. The van der Waals surface area contributed by atoms with E-state index in [-0.39, 0.29) is 0 Å². The largest absolute Gasteiger partial charge is 0.381 e. The van der Waals surface area contributed by atoms with Gasteiger partial charge in [0.25, 0.3) is 0 Å². The lowest BCUT2D eigenvalue weighted by atomic mass is 9.89. The molecule has 0 radical (unpaired) electrons. The number of hydrogen-bond donors (Lipinski definition) is 2. The van der Waals surface area contributed by atoms with Gasteiger partial charge in [-0.1, -0.05) is 0 Å². The topological polar surface area (TPSA) is 45.6 Å². The Bertz CT molecular complexity index is 199. The van der Waals surface area contributed by atoms with Gasteiger partial charge in [0.15, 0.2) is 5.96 Å². The highest BCUT2D eigenvalue weighted by atomic mass is 16.5. The van der Waals surface area contributed by atoms with Crippen molar-refractivity contribution in [3.63, 3.8) is 0 Å². The maximum Gasteiger partial charge on any atom is 0.191 e. The first-order chi connectivity index (χ1) is 6.38. The summed E-state index contributed by atoms with van der Waals surface area (Å²) in [6.45, 7) is 2.00. The molecule has 0 unspecified atom stereocenters. The van der Waals surface area contributed by atoms with Crippen LogP contribution < -0.4 is 10.6 Å². The molecule has 0 amide bonds. The van der Waals surface area contributed by atoms with Crippen molar-refractivity contribution in [2.75, 3.05) is 20.2 Å². The van der Waals surface area contributed by atoms with Crippen molar-refractivity contribution < 1.29 is 4.74 Å². The van der Waals surface area contributed by atoms with E-state index < -0.39 is 0 Å². The molecule has 2 aliphatic rings. The molecular weight excluding hydrogens is 166 g/mol. The normalized spacial score (nSPS) is 32.8. The van der Waals surface area contributed by atoms with Crippen LogP contribution in [0.25, 0.3) is 0 Å². The molecule has 13 heavy (non-hydrogen) atoms. The lowest BCUT2D eigenvalue weighted by molar-refractivity contribution is 0.0223. The molecule has 0 atom stereocenters. The molecule has 74 valence electrons. The smallest absolute Gasteiger partial charge is 0.191 e. The van der Waals surface area contributed by atoms with Gasteiger partial charge < -0.3 is 15.4 Å². The van der Waals surface area contributed by atoms with E-state index in [1.165, 1.54) is 0 Å². The Morgan fingerprint density at radius 3 is 3.00 bits per heavy atom. The van der Waals surface area contributed by atoms with Crippen molar-refractivity contribution in [2.24, 2.45) is 4.99 Å². The first kappa shape index (κ1) is 8.81. The monoisotopic (exact) mass is 183 g/mol.